The Morgan fingerprint density at radius 1 is 0.788 bits per heavy atom. The van der Waals surface area contributed by atoms with E-state index in [1.54, 1.807) is 34.6 Å². The van der Waals surface area contributed by atoms with Gasteiger partial charge >= 0.3 is 11.9 Å². The Morgan fingerprint density at radius 2 is 1.21 bits per heavy atom. The predicted octanol–water partition coefficient (Wildman–Crippen LogP) is 2.45. The lowest BCUT2D eigenvalue weighted by Gasteiger charge is -2.32. The van der Waals surface area contributed by atoms with Gasteiger partial charge in [0.1, 0.15) is 12.1 Å². The minimum atomic E-state index is -1.02. The summed E-state index contributed by atoms with van der Waals surface area (Å²) < 4.78 is 7.88. The summed E-state index contributed by atoms with van der Waals surface area (Å²) in [4.78, 5) is 61.3. The van der Waals surface area contributed by atoms with E-state index in [1.807, 2.05) is 6.92 Å². The van der Waals surface area contributed by atoms with Crippen molar-refractivity contribution >= 4 is 51.6 Å². The highest BCUT2D eigenvalue weighted by Crippen LogP contribution is 2.34. The molecule has 0 radical (unpaired) electrons. The second kappa shape index (κ2) is 14.6. The van der Waals surface area contributed by atoms with Crippen LogP contribution in [0.1, 0.15) is 67.2 Å². The highest BCUT2D eigenvalue weighted by atomic mass is 32.2. The molecule has 0 fully saturated rings. The number of hydrogen-bond acceptors (Lipinski definition) is 10. The van der Waals surface area contributed by atoms with E-state index < -0.39 is 33.5 Å². The standard InChI is InChI=1S/C22H38N2O7S2/c1-9-13-23-17(19(28)30-7)21(3,4)32-15(26)11-12-16(27)33-22(5,6)18(20(29)31-8)24-14(25)10-2/h17-18,23H,9-13H2,1-8H3,(H,24,25)/t17-,18-/m1/s1. The summed E-state index contributed by atoms with van der Waals surface area (Å²) in [5.41, 5.74) is 0. The number of thioether (sulfide) groups is 2. The van der Waals surface area contributed by atoms with E-state index in [4.69, 9.17) is 9.47 Å². The number of hydrogen-bond donors (Lipinski definition) is 2. The molecule has 0 aliphatic carbocycles. The molecular formula is C22H38N2O7S2. The number of carbonyl (C=O) groups excluding carboxylic acids is 5. The van der Waals surface area contributed by atoms with Crippen molar-refractivity contribution in [2.45, 2.75) is 88.8 Å². The summed E-state index contributed by atoms with van der Waals surface area (Å²) in [6.07, 6.45) is 0.928. The highest BCUT2D eigenvalue weighted by Gasteiger charge is 2.40. The molecule has 0 heterocycles. The first-order valence-electron chi connectivity index (χ1n) is 10.9. The van der Waals surface area contributed by atoms with Crippen LogP contribution in [0.25, 0.3) is 0 Å². The molecule has 0 bridgehead atoms. The average Bonchev–Trinajstić information content (AvgIpc) is 2.74. The van der Waals surface area contributed by atoms with Crippen LogP contribution in [-0.2, 0) is 33.4 Å². The van der Waals surface area contributed by atoms with Crippen LogP contribution in [0, 0.1) is 0 Å². The Morgan fingerprint density at radius 3 is 1.61 bits per heavy atom. The maximum atomic E-state index is 12.6. The van der Waals surface area contributed by atoms with Crippen LogP contribution in [0.3, 0.4) is 0 Å². The zero-order valence-corrected chi connectivity index (χ0v) is 22.5. The average molecular weight is 507 g/mol. The van der Waals surface area contributed by atoms with Gasteiger partial charge in [0.25, 0.3) is 0 Å². The van der Waals surface area contributed by atoms with Gasteiger partial charge in [-0.15, -0.1) is 0 Å². The number of esters is 2. The zero-order valence-electron chi connectivity index (χ0n) is 20.9. The molecule has 9 nitrogen and oxygen atoms in total. The van der Waals surface area contributed by atoms with Gasteiger partial charge in [0.15, 0.2) is 10.2 Å². The minimum absolute atomic E-state index is 0.0259. The third-order valence-electron chi connectivity index (χ3n) is 4.78. The van der Waals surface area contributed by atoms with Gasteiger partial charge < -0.3 is 20.1 Å². The number of rotatable bonds is 14. The molecule has 1 amide bonds. The van der Waals surface area contributed by atoms with E-state index in [1.165, 1.54) is 14.2 Å². The van der Waals surface area contributed by atoms with E-state index in [2.05, 4.69) is 10.6 Å². The van der Waals surface area contributed by atoms with Gasteiger partial charge in [0, 0.05) is 28.8 Å². The molecule has 0 aromatic heterocycles. The molecule has 2 N–H and O–H groups in total. The first-order valence-corrected chi connectivity index (χ1v) is 12.5. The van der Waals surface area contributed by atoms with E-state index in [-0.39, 0.29) is 35.4 Å². The van der Waals surface area contributed by atoms with Crippen molar-refractivity contribution in [3.63, 3.8) is 0 Å². The van der Waals surface area contributed by atoms with Gasteiger partial charge in [-0.25, -0.2) is 4.79 Å². The zero-order chi connectivity index (χ0) is 25.8. The lowest BCUT2D eigenvalue weighted by atomic mass is 10.0. The Balaban J connectivity index is 5.07. The van der Waals surface area contributed by atoms with Crippen molar-refractivity contribution in [1.29, 1.82) is 0 Å². The van der Waals surface area contributed by atoms with E-state index in [0.717, 1.165) is 29.9 Å². The first kappa shape index (κ1) is 31.4. The predicted molar refractivity (Wildman–Crippen MR) is 131 cm³/mol. The Labute approximate surface area is 205 Å². The molecule has 33 heavy (non-hydrogen) atoms. The molecule has 0 aliphatic rings. The molecule has 190 valence electrons. The molecule has 0 saturated heterocycles. The van der Waals surface area contributed by atoms with E-state index >= 15 is 0 Å². The molecule has 0 rings (SSSR count). The van der Waals surface area contributed by atoms with Crippen molar-refractivity contribution < 1.29 is 33.4 Å². The lowest BCUT2D eigenvalue weighted by molar-refractivity contribution is -0.146. The molecule has 0 spiro atoms. The summed E-state index contributed by atoms with van der Waals surface area (Å²) >= 11 is 1.89. The van der Waals surface area contributed by atoms with Crippen LogP contribution < -0.4 is 10.6 Å². The molecule has 0 aromatic carbocycles. The van der Waals surface area contributed by atoms with Gasteiger partial charge in [-0.2, -0.15) is 0 Å². The number of carbonyl (C=O) groups is 5. The minimum Gasteiger partial charge on any atom is -0.468 e. The molecular weight excluding hydrogens is 468 g/mol. The third-order valence-corrected chi connectivity index (χ3v) is 7.16. The Kier molecular flexibility index (Phi) is 13.9. The quantitative estimate of drug-likeness (QED) is 0.339. The Bertz CT molecular complexity index is 711. The number of amides is 1. The second-order valence-corrected chi connectivity index (χ2v) is 11.9. The molecule has 2 atom stereocenters. The molecule has 0 aliphatic heterocycles. The smallest absolute Gasteiger partial charge is 0.329 e. The van der Waals surface area contributed by atoms with Crippen LogP contribution in [0.2, 0.25) is 0 Å². The van der Waals surface area contributed by atoms with E-state index in [0.29, 0.717) is 6.54 Å². The van der Waals surface area contributed by atoms with Gasteiger partial charge in [0.05, 0.1) is 14.2 Å². The number of nitrogens with one attached hydrogen (secondary N) is 2. The lowest BCUT2D eigenvalue weighted by Crippen LogP contribution is -2.53. The van der Waals surface area contributed by atoms with Crippen molar-refractivity contribution in [1.82, 2.24) is 10.6 Å². The van der Waals surface area contributed by atoms with Crippen LogP contribution in [0.4, 0.5) is 0 Å². The largest absolute Gasteiger partial charge is 0.468 e. The van der Waals surface area contributed by atoms with Crippen LogP contribution in [-0.4, -0.2) is 70.4 Å². The monoisotopic (exact) mass is 506 g/mol. The second-order valence-electron chi connectivity index (χ2n) is 8.44. The highest BCUT2D eigenvalue weighted by molar-refractivity contribution is 8.15. The topological polar surface area (TPSA) is 128 Å². The molecule has 11 heteroatoms. The molecule has 0 unspecified atom stereocenters. The SMILES string of the molecule is CCCN[C@H](C(=O)OC)C(C)(C)SC(=O)CCC(=O)SC(C)(C)[C@H](NC(=O)CC)C(=O)OC. The first-order chi connectivity index (χ1) is 15.2. The fraction of sp³-hybridized carbons (Fsp3) is 0.773. The van der Waals surface area contributed by atoms with Crippen LogP contribution >= 0.6 is 23.5 Å². The summed E-state index contributed by atoms with van der Waals surface area (Å²) in [5, 5.41) is 5.18. The maximum Gasteiger partial charge on any atom is 0.329 e. The Hall–Kier alpha value is -1.59. The van der Waals surface area contributed by atoms with Crippen molar-refractivity contribution in [2.24, 2.45) is 0 Å². The summed E-state index contributed by atoms with van der Waals surface area (Å²) in [7, 11) is 2.51. The fourth-order valence-electron chi connectivity index (χ4n) is 2.93. The normalized spacial score (nSPS) is 13.6. The maximum absolute atomic E-state index is 12.6. The summed E-state index contributed by atoms with van der Waals surface area (Å²) in [5.74, 6) is -1.44. The summed E-state index contributed by atoms with van der Waals surface area (Å²) in [6.45, 7) is 11.1. The van der Waals surface area contributed by atoms with Crippen molar-refractivity contribution in [2.75, 3.05) is 20.8 Å². The van der Waals surface area contributed by atoms with Crippen LogP contribution in [0.5, 0.6) is 0 Å². The third kappa shape index (κ3) is 10.9. The number of ether oxygens (including phenoxy) is 2. The number of methoxy groups -OCH3 is 2. The van der Waals surface area contributed by atoms with Crippen molar-refractivity contribution in [3.05, 3.63) is 0 Å². The van der Waals surface area contributed by atoms with Gasteiger partial charge in [-0.1, -0.05) is 37.4 Å². The van der Waals surface area contributed by atoms with E-state index in [9.17, 15) is 24.0 Å². The van der Waals surface area contributed by atoms with Gasteiger partial charge in [0.2, 0.25) is 5.91 Å². The summed E-state index contributed by atoms with van der Waals surface area (Å²) in [6, 6.07) is -1.69. The molecule has 0 aromatic rings. The fourth-order valence-corrected chi connectivity index (χ4v) is 5.08. The van der Waals surface area contributed by atoms with Crippen LogP contribution in [0.15, 0.2) is 0 Å². The van der Waals surface area contributed by atoms with Crippen molar-refractivity contribution in [3.8, 4) is 0 Å². The molecule has 0 saturated carbocycles. The van der Waals surface area contributed by atoms with Gasteiger partial charge in [-0.05, 0) is 40.7 Å². The van der Waals surface area contributed by atoms with Gasteiger partial charge in [-0.3, -0.25) is 19.2 Å².